The summed E-state index contributed by atoms with van der Waals surface area (Å²) in [6, 6.07) is 0. The Hall–Kier alpha value is -0.965. The number of ether oxygens (including phenoxy) is 1. The van der Waals surface area contributed by atoms with Crippen LogP contribution in [0.1, 0.15) is 16.6 Å². The molecule has 1 N–H and O–H groups in total. The van der Waals surface area contributed by atoms with E-state index < -0.39 is 5.97 Å². The fourth-order valence-corrected chi connectivity index (χ4v) is 1.45. The van der Waals surface area contributed by atoms with E-state index in [2.05, 4.69) is 4.74 Å². The normalized spacial score (nSPS) is 9.75. The molecule has 0 bridgehead atoms. The number of aromatic hydroxyl groups is 1. The van der Waals surface area contributed by atoms with Gasteiger partial charge in [0.1, 0.15) is 13.6 Å². The van der Waals surface area contributed by atoms with Crippen molar-refractivity contribution < 1.29 is 14.6 Å². The van der Waals surface area contributed by atoms with Crippen molar-refractivity contribution in [3.8, 4) is 5.75 Å². The zero-order chi connectivity index (χ0) is 9.14. The second-order valence-corrected chi connectivity index (χ2v) is 2.97. The van der Waals surface area contributed by atoms with Gasteiger partial charge in [-0.3, -0.25) is 0 Å². The molecule has 0 saturated heterocycles. The van der Waals surface area contributed by atoms with Gasteiger partial charge in [-0.25, -0.2) is 4.79 Å². The summed E-state index contributed by atoms with van der Waals surface area (Å²) in [7, 11) is 5.33. The zero-order valence-corrected chi connectivity index (χ0v) is 7.35. The molecule has 12 heavy (non-hydrogen) atoms. The van der Waals surface area contributed by atoms with Gasteiger partial charge >= 0.3 is 5.97 Å². The van der Waals surface area contributed by atoms with Crippen molar-refractivity contribution in [1.82, 2.24) is 0 Å². The molecule has 0 aliphatic carbocycles. The monoisotopic (exact) mass is 182 g/mol. The van der Waals surface area contributed by atoms with Crippen LogP contribution < -0.4 is 5.46 Å². The molecule has 62 valence electrons. The second kappa shape index (κ2) is 3.62. The average molecular weight is 182 g/mol. The highest BCUT2D eigenvalue weighted by Crippen LogP contribution is 2.20. The predicted octanol–water partition coefficient (Wildman–Crippen LogP) is 0.424. The van der Waals surface area contributed by atoms with Crippen LogP contribution in [0.15, 0.2) is 5.38 Å². The first-order valence-corrected chi connectivity index (χ1v) is 4.27. The highest BCUT2D eigenvalue weighted by molar-refractivity contribution is 7.13. The molecule has 0 unspecified atom stereocenters. The van der Waals surface area contributed by atoms with Gasteiger partial charge in [0.25, 0.3) is 0 Å². The molecule has 0 aromatic carbocycles. The van der Waals surface area contributed by atoms with Crippen LogP contribution in [0.4, 0.5) is 0 Å². The van der Waals surface area contributed by atoms with Crippen molar-refractivity contribution in [3.05, 3.63) is 10.3 Å². The first-order valence-electron chi connectivity index (χ1n) is 3.39. The van der Waals surface area contributed by atoms with E-state index in [4.69, 9.17) is 7.85 Å². The first-order chi connectivity index (χ1) is 5.66. The van der Waals surface area contributed by atoms with E-state index in [1.807, 2.05) is 0 Å². The van der Waals surface area contributed by atoms with Crippen LogP contribution in [-0.4, -0.2) is 25.5 Å². The molecule has 0 amide bonds. The van der Waals surface area contributed by atoms with E-state index in [1.165, 1.54) is 5.38 Å². The maximum Gasteiger partial charge on any atom is 0.352 e. The Morgan fingerprint density at radius 1 is 1.83 bits per heavy atom. The van der Waals surface area contributed by atoms with Crippen molar-refractivity contribution in [2.45, 2.75) is 6.92 Å². The minimum atomic E-state index is -0.531. The van der Waals surface area contributed by atoms with Crippen LogP contribution in [-0.2, 0) is 4.74 Å². The molecular formula is C7H7BO3S. The average Bonchev–Trinajstić information content (AvgIpc) is 2.34. The van der Waals surface area contributed by atoms with E-state index in [1.54, 1.807) is 6.92 Å². The summed E-state index contributed by atoms with van der Waals surface area (Å²) in [5, 5.41) is 10.7. The standard InChI is InChI=1S/C7H7BO3S/c1-2-11-7(10)6-5(9)4(8)3-12-6/h3,9H,2H2,1H3. The van der Waals surface area contributed by atoms with Gasteiger partial charge in [-0.2, -0.15) is 0 Å². The highest BCUT2D eigenvalue weighted by Gasteiger charge is 2.15. The van der Waals surface area contributed by atoms with E-state index in [-0.39, 0.29) is 22.7 Å². The topological polar surface area (TPSA) is 46.5 Å². The molecular weight excluding hydrogens is 175 g/mol. The lowest BCUT2D eigenvalue weighted by molar-refractivity contribution is 0.0529. The number of thiophene rings is 1. The molecule has 0 aliphatic rings. The third-order valence-electron chi connectivity index (χ3n) is 1.25. The summed E-state index contributed by atoms with van der Waals surface area (Å²) in [6.45, 7) is 1.99. The molecule has 0 atom stereocenters. The maximum atomic E-state index is 11.1. The highest BCUT2D eigenvalue weighted by atomic mass is 32.1. The Morgan fingerprint density at radius 3 is 2.92 bits per heavy atom. The summed E-state index contributed by atoms with van der Waals surface area (Å²) in [4.78, 5) is 11.2. The lowest BCUT2D eigenvalue weighted by Crippen LogP contribution is -2.05. The van der Waals surface area contributed by atoms with Gasteiger partial charge in [0.05, 0.1) is 6.61 Å². The van der Waals surface area contributed by atoms with Gasteiger partial charge < -0.3 is 9.84 Å². The molecule has 0 saturated carbocycles. The molecule has 1 aromatic heterocycles. The van der Waals surface area contributed by atoms with Gasteiger partial charge in [0, 0.05) is 0 Å². The first kappa shape index (κ1) is 9.13. The van der Waals surface area contributed by atoms with Crippen LogP contribution >= 0.6 is 11.3 Å². The summed E-state index contributed by atoms with van der Waals surface area (Å²) in [6.07, 6.45) is 0. The molecule has 0 spiro atoms. The molecule has 2 radical (unpaired) electrons. The van der Waals surface area contributed by atoms with E-state index in [0.717, 1.165) is 11.3 Å². The van der Waals surface area contributed by atoms with Crippen LogP contribution in [0.3, 0.4) is 0 Å². The van der Waals surface area contributed by atoms with E-state index in [9.17, 15) is 9.90 Å². The Labute approximate surface area is 75.4 Å². The SMILES string of the molecule is [B]c1csc(C(=O)OCC)c1O. The fraction of sp³-hybridized carbons (Fsp3) is 0.286. The molecule has 0 aliphatic heterocycles. The summed E-state index contributed by atoms with van der Waals surface area (Å²) in [5.41, 5.74) is 0.211. The van der Waals surface area contributed by atoms with E-state index in [0.29, 0.717) is 0 Å². The second-order valence-electron chi connectivity index (χ2n) is 2.09. The van der Waals surface area contributed by atoms with Crippen LogP contribution in [0, 0.1) is 0 Å². The molecule has 1 rings (SSSR count). The Morgan fingerprint density at radius 2 is 2.50 bits per heavy atom. The number of esters is 1. The van der Waals surface area contributed by atoms with Gasteiger partial charge in [0.2, 0.25) is 0 Å². The maximum absolute atomic E-state index is 11.1. The zero-order valence-electron chi connectivity index (χ0n) is 6.53. The molecule has 1 heterocycles. The third-order valence-corrected chi connectivity index (χ3v) is 2.22. The third kappa shape index (κ3) is 1.61. The van der Waals surface area contributed by atoms with Crippen molar-refractivity contribution in [2.24, 2.45) is 0 Å². The molecule has 0 fully saturated rings. The van der Waals surface area contributed by atoms with Crippen molar-refractivity contribution >= 4 is 30.6 Å². The van der Waals surface area contributed by atoms with Gasteiger partial charge in [-0.05, 0) is 17.8 Å². The summed E-state index contributed by atoms with van der Waals surface area (Å²) < 4.78 is 4.68. The number of rotatable bonds is 2. The van der Waals surface area contributed by atoms with Crippen LogP contribution in [0.5, 0.6) is 5.75 Å². The molecule has 1 aromatic rings. The molecule has 5 heteroatoms. The number of carbonyl (C=O) groups excluding carboxylic acids is 1. The van der Waals surface area contributed by atoms with Gasteiger partial charge in [-0.1, -0.05) is 0 Å². The Kier molecular flexibility index (Phi) is 2.76. The quantitative estimate of drug-likeness (QED) is 0.532. The fourth-order valence-electron chi connectivity index (χ4n) is 0.707. The van der Waals surface area contributed by atoms with Crippen LogP contribution in [0.25, 0.3) is 0 Å². The number of hydrogen-bond acceptors (Lipinski definition) is 4. The lowest BCUT2D eigenvalue weighted by atomic mass is 9.99. The summed E-state index contributed by atoms with van der Waals surface area (Å²) in [5.74, 6) is -0.713. The van der Waals surface area contributed by atoms with Gasteiger partial charge in [0.15, 0.2) is 4.88 Å². The smallest absolute Gasteiger partial charge is 0.352 e. The molecule has 3 nitrogen and oxygen atoms in total. The minimum Gasteiger partial charge on any atom is -0.507 e. The largest absolute Gasteiger partial charge is 0.507 e. The van der Waals surface area contributed by atoms with E-state index >= 15 is 0 Å². The van der Waals surface area contributed by atoms with Crippen LogP contribution in [0.2, 0.25) is 0 Å². The van der Waals surface area contributed by atoms with Crippen molar-refractivity contribution in [1.29, 1.82) is 0 Å². The summed E-state index contributed by atoms with van der Waals surface area (Å²) >= 11 is 1.07. The van der Waals surface area contributed by atoms with Gasteiger partial charge in [-0.15, -0.1) is 11.3 Å². The number of carbonyl (C=O) groups is 1. The predicted molar refractivity (Wildman–Crippen MR) is 47.3 cm³/mol. The minimum absolute atomic E-state index is 0.161. The Bertz CT molecular complexity index is 295. The van der Waals surface area contributed by atoms with Crippen molar-refractivity contribution in [2.75, 3.05) is 6.61 Å². The number of hydrogen-bond donors (Lipinski definition) is 1. The van der Waals surface area contributed by atoms with Crippen molar-refractivity contribution in [3.63, 3.8) is 0 Å². The Balaban J connectivity index is 2.88. The lowest BCUT2D eigenvalue weighted by Gasteiger charge is -1.98.